The number of thiazole rings is 1. The molecule has 1 saturated heterocycles. The maximum Gasteiger partial charge on any atom is 0.271 e. The van der Waals surface area contributed by atoms with Crippen LogP contribution in [-0.2, 0) is 4.74 Å². The molecule has 1 atom stereocenters. The Morgan fingerprint density at radius 1 is 1.40 bits per heavy atom. The van der Waals surface area contributed by atoms with Crippen molar-refractivity contribution in [3.63, 3.8) is 0 Å². The van der Waals surface area contributed by atoms with Crippen molar-refractivity contribution in [2.75, 3.05) is 11.9 Å². The van der Waals surface area contributed by atoms with Crippen molar-refractivity contribution in [2.45, 2.75) is 57.2 Å². The van der Waals surface area contributed by atoms with Crippen molar-refractivity contribution >= 4 is 22.4 Å². The molecule has 1 aliphatic heterocycles. The second-order valence-corrected chi connectivity index (χ2v) is 7.09. The van der Waals surface area contributed by atoms with Crippen LogP contribution in [0.2, 0.25) is 0 Å². The van der Waals surface area contributed by atoms with Gasteiger partial charge in [-0.15, -0.1) is 11.3 Å². The Kier molecular flexibility index (Phi) is 3.69. The zero-order valence-electron chi connectivity index (χ0n) is 11.9. The van der Waals surface area contributed by atoms with Crippen molar-refractivity contribution in [1.82, 2.24) is 10.3 Å². The van der Waals surface area contributed by atoms with E-state index in [9.17, 15) is 4.79 Å². The first-order valence-corrected chi connectivity index (χ1v) is 8.07. The minimum atomic E-state index is -0.156. The molecule has 2 fully saturated rings. The SMILES string of the molecule is CC1(C)C[C@H](NC(=O)c2csc(NC3CC3)n2)CCO1. The number of anilines is 1. The second-order valence-electron chi connectivity index (χ2n) is 6.23. The Morgan fingerprint density at radius 3 is 2.90 bits per heavy atom. The normalized spacial score (nSPS) is 25.2. The van der Waals surface area contributed by atoms with Crippen LogP contribution in [0.15, 0.2) is 5.38 Å². The lowest BCUT2D eigenvalue weighted by Gasteiger charge is -2.35. The average Bonchev–Trinajstić information content (AvgIpc) is 3.03. The zero-order chi connectivity index (χ0) is 14.2. The van der Waals surface area contributed by atoms with Gasteiger partial charge in [0, 0.05) is 24.1 Å². The van der Waals surface area contributed by atoms with Gasteiger partial charge in [0.25, 0.3) is 5.91 Å². The summed E-state index contributed by atoms with van der Waals surface area (Å²) in [5.41, 5.74) is 0.360. The number of carbonyl (C=O) groups excluding carboxylic acids is 1. The van der Waals surface area contributed by atoms with Gasteiger partial charge in [-0.1, -0.05) is 0 Å². The highest BCUT2D eigenvalue weighted by Crippen LogP contribution is 2.27. The smallest absolute Gasteiger partial charge is 0.271 e. The van der Waals surface area contributed by atoms with E-state index >= 15 is 0 Å². The fourth-order valence-electron chi connectivity index (χ4n) is 2.46. The summed E-state index contributed by atoms with van der Waals surface area (Å²) in [5, 5.41) is 9.06. The maximum absolute atomic E-state index is 12.2. The highest BCUT2D eigenvalue weighted by atomic mass is 32.1. The van der Waals surface area contributed by atoms with E-state index in [0.717, 1.165) is 18.0 Å². The summed E-state index contributed by atoms with van der Waals surface area (Å²) in [5.74, 6) is -0.0761. The van der Waals surface area contributed by atoms with Gasteiger partial charge in [0.05, 0.1) is 5.60 Å². The molecule has 0 radical (unpaired) electrons. The van der Waals surface area contributed by atoms with E-state index in [1.165, 1.54) is 24.2 Å². The summed E-state index contributed by atoms with van der Waals surface area (Å²) >= 11 is 1.50. The van der Waals surface area contributed by atoms with Crippen LogP contribution >= 0.6 is 11.3 Å². The van der Waals surface area contributed by atoms with Crippen molar-refractivity contribution in [1.29, 1.82) is 0 Å². The molecule has 2 heterocycles. The summed E-state index contributed by atoms with van der Waals surface area (Å²) < 4.78 is 5.66. The van der Waals surface area contributed by atoms with E-state index in [2.05, 4.69) is 29.5 Å². The van der Waals surface area contributed by atoms with E-state index in [1.54, 1.807) is 0 Å². The molecule has 20 heavy (non-hydrogen) atoms. The third-order valence-electron chi connectivity index (χ3n) is 3.67. The largest absolute Gasteiger partial charge is 0.375 e. The van der Waals surface area contributed by atoms with E-state index in [-0.39, 0.29) is 17.6 Å². The van der Waals surface area contributed by atoms with Gasteiger partial charge in [-0.2, -0.15) is 0 Å². The van der Waals surface area contributed by atoms with Crippen molar-refractivity contribution < 1.29 is 9.53 Å². The number of rotatable bonds is 4. The molecule has 1 amide bonds. The molecule has 110 valence electrons. The minimum Gasteiger partial charge on any atom is -0.375 e. The molecule has 2 N–H and O–H groups in total. The van der Waals surface area contributed by atoms with Crippen LogP contribution in [-0.4, -0.2) is 35.2 Å². The van der Waals surface area contributed by atoms with Gasteiger partial charge < -0.3 is 15.4 Å². The average molecular weight is 295 g/mol. The molecular weight excluding hydrogens is 274 g/mol. The van der Waals surface area contributed by atoms with E-state index in [0.29, 0.717) is 18.3 Å². The summed E-state index contributed by atoms with van der Waals surface area (Å²) in [6.45, 7) is 4.82. The van der Waals surface area contributed by atoms with Crippen LogP contribution in [0.3, 0.4) is 0 Å². The quantitative estimate of drug-likeness (QED) is 0.895. The van der Waals surface area contributed by atoms with Gasteiger partial charge in [0.1, 0.15) is 5.69 Å². The Bertz CT molecular complexity index is 496. The number of nitrogens with zero attached hydrogens (tertiary/aromatic N) is 1. The zero-order valence-corrected chi connectivity index (χ0v) is 12.8. The number of hydrogen-bond donors (Lipinski definition) is 2. The number of nitrogens with one attached hydrogen (secondary N) is 2. The van der Waals surface area contributed by atoms with Crippen LogP contribution in [0.5, 0.6) is 0 Å². The van der Waals surface area contributed by atoms with Gasteiger partial charge >= 0.3 is 0 Å². The molecule has 0 spiro atoms. The third-order valence-corrected chi connectivity index (χ3v) is 4.45. The van der Waals surface area contributed by atoms with Gasteiger partial charge in [0.2, 0.25) is 0 Å². The predicted octanol–water partition coefficient (Wildman–Crippen LogP) is 2.40. The molecule has 5 nitrogen and oxygen atoms in total. The first-order valence-electron chi connectivity index (χ1n) is 7.19. The lowest BCUT2D eigenvalue weighted by molar-refractivity contribution is -0.0615. The maximum atomic E-state index is 12.2. The van der Waals surface area contributed by atoms with Gasteiger partial charge in [-0.05, 0) is 39.5 Å². The Balaban J connectivity index is 1.56. The fourth-order valence-corrected chi connectivity index (χ4v) is 3.23. The monoisotopic (exact) mass is 295 g/mol. The van der Waals surface area contributed by atoms with Crippen molar-refractivity contribution in [3.05, 3.63) is 11.1 Å². The third kappa shape index (κ3) is 3.49. The number of hydrogen-bond acceptors (Lipinski definition) is 5. The molecule has 2 aliphatic rings. The topological polar surface area (TPSA) is 63.2 Å². The van der Waals surface area contributed by atoms with Crippen LogP contribution in [0.25, 0.3) is 0 Å². The van der Waals surface area contributed by atoms with Crippen LogP contribution in [0.4, 0.5) is 5.13 Å². The van der Waals surface area contributed by atoms with Crippen molar-refractivity contribution in [2.24, 2.45) is 0 Å². The molecular formula is C14H21N3O2S. The van der Waals surface area contributed by atoms with E-state index < -0.39 is 0 Å². The molecule has 1 aromatic heterocycles. The van der Waals surface area contributed by atoms with Gasteiger partial charge in [-0.3, -0.25) is 4.79 Å². The summed E-state index contributed by atoms with van der Waals surface area (Å²) in [7, 11) is 0. The second kappa shape index (κ2) is 5.33. The molecule has 1 aromatic rings. The first kappa shape index (κ1) is 13.8. The minimum absolute atomic E-state index is 0.0761. The molecule has 1 aliphatic carbocycles. The number of amides is 1. The summed E-state index contributed by atoms with van der Waals surface area (Å²) in [4.78, 5) is 16.6. The van der Waals surface area contributed by atoms with Crippen molar-refractivity contribution in [3.8, 4) is 0 Å². The number of ether oxygens (including phenoxy) is 1. The van der Waals surface area contributed by atoms with E-state index in [4.69, 9.17) is 4.74 Å². The van der Waals surface area contributed by atoms with Crippen LogP contribution in [0.1, 0.15) is 50.0 Å². The van der Waals surface area contributed by atoms with Crippen LogP contribution in [0, 0.1) is 0 Å². The fraction of sp³-hybridized carbons (Fsp3) is 0.714. The lowest BCUT2D eigenvalue weighted by Crippen LogP contribution is -2.45. The summed E-state index contributed by atoms with van der Waals surface area (Å²) in [6, 6.07) is 0.737. The van der Waals surface area contributed by atoms with Gasteiger partial charge in [-0.25, -0.2) is 4.98 Å². The highest BCUT2D eigenvalue weighted by molar-refractivity contribution is 7.13. The molecule has 0 unspecified atom stereocenters. The molecule has 0 bridgehead atoms. The van der Waals surface area contributed by atoms with Gasteiger partial charge in [0.15, 0.2) is 5.13 Å². The number of carbonyl (C=O) groups is 1. The van der Waals surface area contributed by atoms with E-state index in [1.807, 2.05) is 5.38 Å². The molecule has 0 aromatic carbocycles. The Morgan fingerprint density at radius 2 is 2.20 bits per heavy atom. The standard InChI is InChI=1S/C14H21N3O2S/c1-14(2)7-10(5-6-19-14)15-12(18)11-8-20-13(17-11)16-9-3-4-9/h8-10H,3-7H2,1-2H3,(H,15,18)(H,16,17)/t10-/m1/s1. The Labute approximate surface area is 123 Å². The molecule has 6 heteroatoms. The highest BCUT2D eigenvalue weighted by Gasteiger charge is 2.30. The first-order chi connectivity index (χ1) is 9.52. The number of aromatic nitrogens is 1. The van der Waals surface area contributed by atoms with Crippen LogP contribution < -0.4 is 10.6 Å². The molecule has 1 saturated carbocycles. The molecule has 3 rings (SSSR count). The Hall–Kier alpha value is -1.14. The lowest BCUT2D eigenvalue weighted by atomic mass is 9.94. The predicted molar refractivity (Wildman–Crippen MR) is 79.3 cm³/mol. The summed E-state index contributed by atoms with van der Waals surface area (Å²) in [6.07, 6.45) is 4.12.